The second kappa shape index (κ2) is 32.4. The Kier molecular flexibility index (Phi) is 28.4. The standard InChI is InChI=1S/C43H71BN12O14.Lu/c1-29(42(68)56-24-32(57)22-34(56)44(69)70)49-40(66)31-10-8-30(9-11-31)23-51(2)36(59)7-3-4-12-47-41(67)33(6-5-13-48-43(45)46)50-35(58)25-52-14-16-53(26-37(60)61)18-20-55(28-39(64)65)21-19-54(17-15-52)27-38(62)63;/h8-11,29,32-34,57,69-70H,3-7,12-28H2,1-2H3,(H,47,67)(H,49,66)(H,50,58)(H,60,61)(H,62,63)(H,64,65)(H4,45,46,48);/q;+3/p-3/t29-,32+,33+,34+;/m1./s1. The van der Waals surface area contributed by atoms with Crippen LogP contribution in [0.5, 0.6) is 0 Å². The third-order valence-electron chi connectivity index (χ3n) is 11.8. The van der Waals surface area contributed by atoms with Crippen molar-refractivity contribution in [3.8, 4) is 0 Å². The Balaban J connectivity index is 0.0000173. The Labute approximate surface area is 442 Å². The number of nitrogens with two attached hydrogens (primary N) is 2. The number of β-amino-alcohol motifs (C(OH)–C–C–N with tert-alkyl or cyclic N) is 1. The Bertz CT molecular complexity index is 1920. The van der Waals surface area contributed by atoms with Crippen LogP contribution in [0.1, 0.15) is 61.4 Å². The van der Waals surface area contributed by atoms with Crippen molar-refractivity contribution in [3.63, 3.8) is 0 Å². The fourth-order valence-corrected chi connectivity index (χ4v) is 7.99. The van der Waals surface area contributed by atoms with E-state index in [9.17, 15) is 68.8 Å². The van der Waals surface area contributed by atoms with Gasteiger partial charge < -0.3 is 82.1 Å². The molecule has 5 amide bonds. The van der Waals surface area contributed by atoms with Crippen molar-refractivity contribution >= 4 is 60.5 Å². The first kappa shape index (κ1) is 62.4. The predicted octanol–water partition coefficient (Wildman–Crippen LogP) is -8.97. The number of carboxylic acid groups (broad SMARTS) is 3. The molecule has 0 unspecified atom stereocenters. The number of unbranched alkanes of at least 4 members (excludes halogenated alkanes) is 1. The van der Waals surface area contributed by atoms with E-state index in [-0.39, 0.29) is 159 Å². The number of hydrogen-bond donors (Lipinski definition) is 8. The number of benzene rings is 1. The third kappa shape index (κ3) is 24.0. The van der Waals surface area contributed by atoms with E-state index in [0.717, 1.165) is 10.5 Å². The van der Waals surface area contributed by atoms with E-state index in [1.165, 1.54) is 16.7 Å². The van der Waals surface area contributed by atoms with E-state index < -0.39 is 92.4 Å². The summed E-state index contributed by atoms with van der Waals surface area (Å²) in [5.41, 5.74) is 11.9. The molecule has 71 heavy (non-hydrogen) atoms. The molecule has 3 rings (SSSR count). The number of nitrogens with zero attached hydrogens (tertiary/aromatic N) is 7. The minimum Gasteiger partial charge on any atom is -0.549 e. The molecule has 0 bridgehead atoms. The first-order valence-electron chi connectivity index (χ1n) is 23.2. The zero-order chi connectivity index (χ0) is 51.9. The summed E-state index contributed by atoms with van der Waals surface area (Å²) in [5, 5.41) is 71.7. The Morgan fingerprint density at radius 2 is 1.30 bits per heavy atom. The van der Waals surface area contributed by atoms with Gasteiger partial charge in [0.1, 0.15) is 12.1 Å². The summed E-state index contributed by atoms with van der Waals surface area (Å²) < 4.78 is 0. The second-order valence-corrected chi connectivity index (χ2v) is 17.5. The molecule has 2 aliphatic heterocycles. The van der Waals surface area contributed by atoms with Gasteiger partial charge in [0.05, 0.1) is 36.5 Å². The van der Waals surface area contributed by atoms with Gasteiger partial charge in [0.2, 0.25) is 23.6 Å². The van der Waals surface area contributed by atoms with Gasteiger partial charge >= 0.3 is 44.0 Å². The van der Waals surface area contributed by atoms with Crippen LogP contribution in [0.2, 0.25) is 0 Å². The SMILES string of the molecule is C[C@@H](NC(=O)c1ccc(CN(C)C(=O)CCCCNC(=O)[C@H](CCCN=C(N)N)NC(=O)CN2CCN(CC(=O)[O-])CCN(CC(=O)[O-])CCN(CC(=O)[O-])CC2)cc1)C(=O)N1C[C@@H](O)C[C@H]1B(O)O.[Lu+3]. The predicted molar refractivity (Wildman–Crippen MR) is 246 cm³/mol. The van der Waals surface area contributed by atoms with E-state index in [1.807, 2.05) is 0 Å². The van der Waals surface area contributed by atoms with Gasteiger partial charge in [0.15, 0.2) is 5.96 Å². The van der Waals surface area contributed by atoms with Crippen LogP contribution in [-0.2, 0) is 40.1 Å². The first-order chi connectivity index (χ1) is 33.1. The number of nitrogens with one attached hydrogen (secondary N) is 3. The zero-order valence-corrected chi connectivity index (χ0v) is 41.8. The summed E-state index contributed by atoms with van der Waals surface area (Å²) in [6.45, 7) is 1.46. The van der Waals surface area contributed by atoms with Crippen molar-refractivity contribution in [1.29, 1.82) is 0 Å². The Morgan fingerprint density at radius 3 is 1.77 bits per heavy atom. The average Bonchev–Trinajstić information content (AvgIpc) is 3.69. The van der Waals surface area contributed by atoms with Gasteiger partial charge in [-0.1, -0.05) is 12.1 Å². The number of aliphatic hydroxyl groups excluding tert-OH is 1. The number of hydrogen-bond acceptors (Lipinski definition) is 19. The first-order valence-corrected chi connectivity index (χ1v) is 23.2. The van der Waals surface area contributed by atoms with Gasteiger partial charge in [0, 0.05) is 117 Å². The van der Waals surface area contributed by atoms with Crippen molar-refractivity contribution < 1.29 is 106 Å². The quantitative estimate of drug-likeness (QED) is 0.0195. The normalized spacial score (nSPS) is 18.3. The number of carbonyl (C=O) groups is 8. The monoisotopic (exact) mass is 1160 g/mol. The molecule has 4 atom stereocenters. The van der Waals surface area contributed by atoms with Crippen LogP contribution < -0.4 is 42.7 Å². The zero-order valence-electron chi connectivity index (χ0n) is 40.1. The molecule has 0 aromatic heterocycles. The molecule has 2 fully saturated rings. The fourth-order valence-electron chi connectivity index (χ4n) is 7.99. The van der Waals surface area contributed by atoms with E-state index in [2.05, 4.69) is 20.9 Å². The summed E-state index contributed by atoms with van der Waals surface area (Å²) in [6.07, 6.45) is 0.574. The number of aliphatic carboxylic acids is 3. The molecule has 0 saturated carbocycles. The molecule has 1 aromatic carbocycles. The van der Waals surface area contributed by atoms with Crippen LogP contribution >= 0.6 is 0 Å². The molecular weight excluding hydrogens is 1090 g/mol. The van der Waals surface area contributed by atoms with E-state index in [4.69, 9.17) is 11.5 Å². The van der Waals surface area contributed by atoms with Gasteiger partial charge in [-0.25, -0.2) is 0 Å². The van der Waals surface area contributed by atoms with Crippen LogP contribution in [0, 0.1) is 36.9 Å². The Morgan fingerprint density at radius 1 is 0.789 bits per heavy atom. The van der Waals surface area contributed by atoms with Crippen LogP contribution in [0.25, 0.3) is 0 Å². The van der Waals surface area contributed by atoms with Gasteiger partial charge in [-0.05, 0) is 56.7 Å². The number of aliphatic hydroxyl groups is 1. The summed E-state index contributed by atoms with van der Waals surface area (Å²) in [6, 6.07) is 4.41. The molecule has 26 nitrogen and oxygen atoms in total. The van der Waals surface area contributed by atoms with Crippen LogP contribution in [0.3, 0.4) is 0 Å². The van der Waals surface area contributed by atoms with Gasteiger partial charge in [-0.3, -0.25) is 48.6 Å². The van der Waals surface area contributed by atoms with Gasteiger partial charge in [-0.2, -0.15) is 0 Å². The minimum absolute atomic E-state index is 0. The van der Waals surface area contributed by atoms with Crippen molar-refractivity contribution in [1.82, 2.24) is 45.3 Å². The number of likely N-dealkylation sites (tertiary alicyclic amines) is 1. The number of guanidine groups is 1. The molecule has 2 aliphatic rings. The maximum absolute atomic E-state index is 13.5. The van der Waals surface area contributed by atoms with Crippen molar-refractivity contribution in [2.24, 2.45) is 16.5 Å². The number of rotatable bonds is 25. The molecule has 28 heteroatoms. The van der Waals surface area contributed by atoms with Crippen molar-refractivity contribution in [3.05, 3.63) is 35.4 Å². The summed E-state index contributed by atoms with van der Waals surface area (Å²) in [4.78, 5) is 113. The molecule has 10 N–H and O–H groups in total. The Hall–Kier alpha value is -4.73. The van der Waals surface area contributed by atoms with E-state index in [0.29, 0.717) is 19.3 Å². The van der Waals surface area contributed by atoms with Gasteiger partial charge in [0.25, 0.3) is 5.91 Å². The fraction of sp³-hybridized carbons (Fsp3) is 0.651. The number of aliphatic imine (C=N–C) groups is 1. The minimum atomic E-state index is -1.84. The third-order valence-corrected chi connectivity index (χ3v) is 11.8. The van der Waals surface area contributed by atoms with Crippen LogP contribution in [-0.4, -0.2) is 234 Å². The molecule has 0 spiro atoms. The van der Waals surface area contributed by atoms with Crippen molar-refractivity contribution in [2.45, 2.75) is 76.1 Å². The molecule has 0 aliphatic carbocycles. The van der Waals surface area contributed by atoms with Crippen molar-refractivity contribution in [2.75, 3.05) is 105 Å². The molecule has 1 aromatic rings. The molecular formula is C43H68BLuN12O14. The maximum Gasteiger partial charge on any atom is 3.00 e. The topological polar surface area (TPSA) is 386 Å². The molecule has 2 heterocycles. The smallest absolute Gasteiger partial charge is 0.549 e. The number of amides is 5. The average molecular weight is 1160 g/mol. The van der Waals surface area contributed by atoms with E-state index >= 15 is 0 Å². The summed E-state index contributed by atoms with van der Waals surface area (Å²) in [5.74, 6) is -7.51. The second-order valence-electron chi connectivity index (χ2n) is 17.5. The van der Waals surface area contributed by atoms with Gasteiger partial charge in [-0.15, -0.1) is 0 Å². The molecule has 2 saturated heterocycles. The van der Waals surface area contributed by atoms with Crippen LogP contribution in [0.4, 0.5) is 0 Å². The van der Waals surface area contributed by atoms with E-state index in [1.54, 1.807) is 46.0 Å². The summed E-state index contributed by atoms with van der Waals surface area (Å²) in [7, 11) is -0.215. The van der Waals surface area contributed by atoms with Crippen LogP contribution in [0.15, 0.2) is 29.3 Å². The number of carbonyl (C=O) groups excluding carboxylic acids is 8. The summed E-state index contributed by atoms with van der Waals surface area (Å²) >= 11 is 0. The maximum atomic E-state index is 13.5. The number of carboxylic acids is 3. The molecule has 0 radical (unpaired) electrons. The molecule has 402 valence electrons. The largest absolute Gasteiger partial charge is 3.00 e.